The molecule has 2 unspecified atom stereocenters. The predicted octanol–water partition coefficient (Wildman–Crippen LogP) is 0.590. The first-order valence-electron chi connectivity index (χ1n) is 4.50. The molecule has 70 valence electrons. The Hall–Kier alpha value is -0.410. The fourth-order valence-electron chi connectivity index (χ4n) is 1.52. The van der Waals surface area contributed by atoms with Crippen LogP contribution in [0.2, 0.25) is 0 Å². The Morgan fingerprint density at radius 1 is 1.75 bits per heavy atom. The molecule has 0 bridgehead atoms. The zero-order valence-corrected chi connectivity index (χ0v) is 7.80. The third-order valence-corrected chi connectivity index (χ3v) is 2.41. The van der Waals surface area contributed by atoms with E-state index in [0.717, 1.165) is 19.5 Å². The van der Waals surface area contributed by atoms with Crippen LogP contribution in [-0.2, 0) is 9.53 Å². The molecule has 0 aromatic carbocycles. The minimum absolute atomic E-state index is 0.175. The summed E-state index contributed by atoms with van der Waals surface area (Å²) in [5, 5.41) is 3.22. The Morgan fingerprint density at radius 3 is 3.08 bits per heavy atom. The number of carbonyl (C=O) groups is 1. The van der Waals surface area contributed by atoms with Crippen LogP contribution < -0.4 is 5.32 Å². The number of ether oxygens (including phenoxy) is 1. The number of piperidine rings is 1. The lowest BCUT2D eigenvalue weighted by Crippen LogP contribution is -2.38. The van der Waals surface area contributed by atoms with Gasteiger partial charge in [-0.3, -0.25) is 4.79 Å². The highest BCUT2D eigenvalue weighted by molar-refractivity contribution is 5.82. The first-order chi connectivity index (χ1) is 5.74. The summed E-state index contributed by atoms with van der Waals surface area (Å²) in [5.41, 5.74) is 0. The van der Waals surface area contributed by atoms with Gasteiger partial charge in [-0.1, -0.05) is 0 Å². The van der Waals surface area contributed by atoms with Gasteiger partial charge in [0.2, 0.25) is 0 Å². The van der Waals surface area contributed by atoms with Gasteiger partial charge in [-0.05, 0) is 13.3 Å². The normalized spacial score (nSPS) is 27.2. The summed E-state index contributed by atoms with van der Waals surface area (Å²) >= 11 is 0. The Bertz CT molecular complexity index is 159. The van der Waals surface area contributed by atoms with Crippen LogP contribution in [0.1, 0.15) is 19.8 Å². The standard InChI is InChI=1S/C9H17NO2/c1-7(12-2)5-8-6-10-4-3-9(8)11/h7-8,10H,3-6H2,1-2H3. The van der Waals surface area contributed by atoms with E-state index >= 15 is 0 Å². The first-order valence-corrected chi connectivity index (χ1v) is 4.50. The number of nitrogens with one attached hydrogen (secondary N) is 1. The maximum Gasteiger partial charge on any atom is 0.138 e. The molecule has 0 radical (unpaired) electrons. The Balaban J connectivity index is 2.34. The van der Waals surface area contributed by atoms with Crippen molar-refractivity contribution in [1.82, 2.24) is 5.32 Å². The van der Waals surface area contributed by atoms with Gasteiger partial charge in [0.15, 0.2) is 0 Å². The van der Waals surface area contributed by atoms with Crippen LogP contribution >= 0.6 is 0 Å². The van der Waals surface area contributed by atoms with Crippen LogP contribution in [-0.4, -0.2) is 32.1 Å². The summed E-state index contributed by atoms with van der Waals surface area (Å²) < 4.78 is 5.12. The molecule has 0 spiro atoms. The van der Waals surface area contributed by atoms with E-state index in [1.165, 1.54) is 0 Å². The van der Waals surface area contributed by atoms with E-state index in [1.807, 2.05) is 6.92 Å². The van der Waals surface area contributed by atoms with Crippen molar-refractivity contribution in [1.29, 1.82) is 0 Å². The minimum Gasteiger partial charge on any atom is -0.382 e. The molecule has 0 aromatic rings. The van der Waals surface area contributed by atoms with Crippen LogP contribution in [0, 0.1) is 5.92 Å². The van der Waals surface area contributed by atoms with Crippen molar-refractivity contribution in [2.45, 2.75) is 25.9 Å². The maximum atomic E-state index is 11.4. The van der Waals surface area contributed by atoms with Crippen molar-refractivity contribution < 1.29 is 9.53 Å². The minimum atomic E-state index is 0.175. The average molecular weight is 171 g/mol. The fourth-order valence-corrected chi connectivity index (χ4v) is 1.52. The van der Waals surface area contributed by atoms with E-state index < -0.39 is 0 Å². The van der Waals surface area contributed by atoms with E-state index in [-0.39, 0.29) is 12.0 Å². The number of Topliss-reactive ketones (excluding diaryl/α,β-unsaturated/α-hetero) is 1. The highest BCUT2D eigenvalue weighted by atomic mass is 16.5. The molecule has 1 saturated heterocycles. The van der Waals surface area contributed by atoms with Crippen molar-refractivity contribution in [3.63, 3.8) is 0 Å². The number of methoxy groups -OCH3 is 1. The zero-order chi connectivity index (χ0) is 8.97. The lowest BCUT2D eigenvalue weighted by atomic mass is 9.92. The lowest BCUT2D eigenvalue weighted by Gasteiger charge is -2.23. The van der Waals surface area contributed by atoms with Crippen molar-refractivity contribution in [3.05, 3.63) is 0 Å². The van der Waals surface area contributed by atoms with Gasteiger partial charge < -0.3 is 10.1 Å². The molecular formula is C9H17NO2. The summed E-state index contributed by atoms with van der Waals surface area (Å²) in [6.07, 6.45) is 1.72. The molecule has 0 aromatic heterocycles. The van der Waals surface area contributed by atoms with E-state index in [4.69, 9.17) is 4.74 Å². The zero-order valence-electron chi connectivity index (χ0n) is 7.80. The summed E-state index contributed by atoms with van der Waals surface area (Å²) in [5.74, 6) is 0.561. The van der Waals surface area contributed by atoms with Crippen LogP contribution in [0.25, 0.3) is 0 Å². The molecule has 12 heavy (non-hydrogen) atoms. The monoisotopic (exact) mass is 171 g/mol. The number of rotatable bonds is 3. The van der Waals surface area contributed by atoms with Gasteiger partial charge in [0.1, 0.15) is 5.78 Å². The highest BCUT2D eigenvalue weighted by Gasteiger charge is 2.23. The molecule has 0 aliphatic carbocycles. The topological polar surface area (TPSA) is 38.3 Å². The summed E-state index contributed by atoms with van der Waals surface area (Å²) in [4.78, 5) is 11.4. The Morgan fingerprint density at radius 2 is 2.50 bits per heavy atom. The second kappa shape index (κ2) is 4.58. The van der Waals surface area contributed by atoms with E-state index in [9.17, 15) is 4.79 Å². The molecule has 0 saturated carbocycles. The smallest absolute Gasteiger partial charge is 0.138 e. The second-order valence-corrected chi connectivity index (χ2v) is 3.40. The fraction of sp³-hybridized carbons (Fsp3) is 0.889. The molecule has 1 aliphatic rings. The molecule has 1 heterocycles. The molecule has 1 fully saturated rings. The van der Waals surface area contributed by atoms with Gasteiger partial charge in [0, 0.05) is 32.5 Å². The largest absolute Gasteiger partial charge is 0.382 e. The van der Waals surface area contributed by atoms with Crippen LogP contribution in [0.4, 0.5) is 0 Å². The van der Waals surface area contributed by atoms with Crippen LogP contribution in [0.15, 0.2) is 0 Å². The maximum absolute atomic E-state index is 11.4. The van der Waals surface area contributed by atoms with Gasteiger partial charge in [0.05, 0.1) is 6.10 Å². The van der Waals surface area contributed by atoms with E-state index in [2.05, 4.69) is 5.32 Å². The second-order valence-electron chi connectivity index (χ2n) is 3.40. The third kappa shape index (κ3) is 2.57. The lowest BCUT2D eigenvalue weighted by molar-refractivity contribution is -0.125. The highest BCUT2D eigenvalue weighted by Crippen LogP contribution is 2.13. The molecule has 1 N–H and O–H groups in total. The molecule has 2 atom stereocenters. The third-order valence-electron chi connectivity index (χ3n) is 2.41. The molecular weight excluding hydrogens is 154 g/mol. The summed E-state index contributed by atoms with van der Waals surface area (Å²) in [7, 11) is 1.69. The number of ketones is 1. The van der Waals surface area contributed by atoms with E-state index in [0.29, 0.717) is 12.2 Å². The molecule has 3 heteroatoms. The summed E-state index contributed by atoms with van der Waals surface area (Å²) in [6.45, 7) is 3.67. The predicted molar refractivity (Wildman–Crippen MR) is 47.1 cm³/mol. The Labute approximate surface area is 73.5 Å². The molecule has 1 aliphatic heterocycles. The SMILES string of the molecule is COC(C)CC1CNCCC1=O. The van der Waals surface area contributed by atoms with Crippen molar-refractivity contribution in [2.75, 3.05) is 20.2 Å². The average Bonchev–Trinajstić information content (AvgIpc) is 2.09. The van der Waals surface area contributed by atoms with Crippen LogP contribution in [0.5, 0.6) is 0 Å². The Kier molecular flexibility index (Phi) is 3.69. The quantitative estimate of drug-likeness (QED) is 0.675. The number of carbonyl (C=O) groups excluding carboxylic acids is 1. The van der Waals surface area contributed by atoms with Crippen molar-refractivity contribution >= 4 is 5.78 Å². The van der Waals surface area contributed by atoms with Gasteiger partial charge in [-0.15, -0.1) is 0 Å². The summed E-state index contributed by atoms with van der Waals surface area (Å²) in [6, 6.07) is 0. The van der Waals surface area contributed by atoms with E-state index in [1.54, 1.807) is 7.11 Å². The van der Waals surface area contributed by atoms with Crippen molar-refractivity contribution in [2.24, 2.45) is 5.92 Å². The molecule has 3 nitrogen and oxygen atoms in total. The van der Waals surface area contributed by atoms with Crippen LogP contribution in [0.3, 0.4) is 0 Å². The van der Waals surface area contributed by atoms with Gasteiger partial charge in [-0.25, -0.2) is 0 Å². The van der Waals surface area contributed by atoms with Gasteiger partial charge in [-0.2, -0.15) is 0 Å². The van der Waals surface area contributed by atoms with Gasteiger partial charge >= 0.3 is 0 Å². The first kappa shape index (κ1) is 9.68. The molecule has 1 rings (SSSR count). The number of hydrogen-bond acceptors (Lipinski definition) is 3. The number of hydrogen-bond donors (Lipinski definition) is 1. The van der Waals surface area contributed by atoms with Crippen molar-refractivity contribution in [3.8, 4) is 0 Å². The van der Waals surface area contributed by atoms with Gasteiger partial charge in [0.25, 0.3) is 0 Å². The molecule has 0 amide bonds.